The molecule has 0 heterocycles. The Hall–Kier alpha value is -0.0800. The quantitative estimate of drug-likeness (QED) is 0.439. The van der Waals surface area contributed by atoms with E-state index in [-0.39, 0.29) is 0 Å². The zero-order valence-electron chi connectivity index (χ0n) is 10.7. The highest BCUT2D eigenvalue weighted by Crippen LogP contribution is 2.76. The van der Waals surface area contributed by atoms with Crippen molar-refractivity contribution >= 4 is 28.8 Å². The highest BCUT2D eigenvalue weighted by molar-refractivity contribution is 7.76. The lowest BCUT2D eigenvalue weighted by atomic mass is 10.5. The molecule has 120 valence electrons. The maximum Gasteiger partial charge on any atom is 0.358 e. The second-order valence-electron chi connectivity index (χ2n) is 3.51. The van der Waals surface area contributed by atoms with Crippen molar-refractivity contribution in [1.29, 1.82) is 0 Å². The van der Waals surface area contributed by atoms with Gasteiger partial charge in [0, 0.05) is 21.3 Å². The minimum Gasteiger partial charge on any atom is -0.480 e. The summed E-state index contributed by atoms with van der Waals surface area (Å²) in [5.41, 5.74) is 0. The van der Waals surface area contributed by atoms with Crippen LogP contribution in [0.1, 0.15) is 0 Å². The van der Waals surface area contributed by atoms with Gasteiger partial charge in [-0.2, -0.15) is 0 Å². The lowest BCUT2D eigenvalue weighted by Crippen LogP contribution is -2.42. The van der Waals surface area contributed by atoms with Crippen molar-refractivity contribution in [2.24, 2.45) is 0 Å². The molecule has 0 aliphatic carbocycles. The van der Waals surface area contributed by atoms with Crippen molar-refractivity contribution < 1.29 is 51.8 Å². The topological polar surface area (TPSA) is 177 Å². The van der Waals surface area contributed by atoms with Crippen molar-refractivity contribution in [2.45, 2.75) is 4.90 Å². The van der Waals surface area contributed by atoms with E-state index in [0.29, 0.717) is 14.2 Å². The molecule has 0 fully saturated rings. The van der Waals surface area contributed by atoms with Crippen molar-refractivity contribution in [3.63, 3.8) is 0 Å². The average Bonchev–Trinajstić information content (AvgIpc) is 2.35. The number of hydrogen-bond donors (Lipinski definition) is 4. The maximum absolute atomic E-state index is 11.9. The van der Waals surface area contributed by atoms with Gasteiger partial charge in [-0.15, -0.1) is 0 Å². The normalized spacial score (nSPS) is 23.9. The summed E-state index contributed by atoms with van der Waals surface area (Å²) >= 11 is 0. The van der Waals surface area contributed by atoms with E-state index >= 15 is 0 Å². The third kappa shape index (κ3) is 3.39. The van der Waals surface area contributed by atoms with Gasteiger partial charge in [-0.05, 0) is 0 Å². The van der Waals surface area contributed by atoms with E-state index in [1.165, 1.54) is 0 Å². The molecule has 0 saturated carbocycles. The highest BCUT2D eigenvalue weighted by atomic mass is 31.2. The molecule has 3 unspecified atom stereocenters. The molecule has 11 nitrogen and oxygen atoms in total. The Morgan fingerprint density at radius 1 is 0.950 bits per heavy atom. The summed E-state index contributed by atoms with van der Waals surface area (Å²) in [6, 6.07) is 0. The summed E-state index contributed by atoms with van der Waals surface area (Å²) in [4.78, 5) is 36.2. The van der Waals surface area contributed by atoms with Crippen molar-refractivity contribution in [3.05, 3.63) is 0 Å². The summed E-state index contributed by atoms with van der Waals surface area (Å²) in [7, 11) is -13.6. The van der Waals surface area contributed by atoms with Gasteiger partial charge < -0.3 is 33.4 Å². The Kier molecular flexibility index (Phi) is 6.33. The van der Waals surface area contributed by atoms with Crippen LogP contribution < -0.4 is 0 Å². The van der Waals surface area contributed by atoms with Crippen LogP contribution in [0.4, 0.5) is 0 Å². The predicted molar refractivity (Wildman–Crippen MR) is 65.7 cm³/mol. The fourth-order valence-corrected chi connectivity index (χ4v) is 7.47. The lowest BCUT2D eigenvalue weighted by Gasteiger charge is -2.34. The first-order valence-electron chi connectivity index (χ1n) is 4.71. The Labute approximate surface area is 114 Å². The molecule has 0 saturated heterocycles. The molecule has 0 aliphatic rings. The molecular formula is C6H15O11P3. The molecule has 0 bridgehead atoms. The lowest BCUT2D eigenvalue weighted by molar-refractivity contribution is -0.138. The zero-order valence-corrected chi connectivity index (χ0v) is 13.4. The number of carbonyl (C=O) groups is 1. The number of rotatable bonds is 8. The van der Waals surface area contributed by atoms with Gasteiger partial charge in [0.05, 0.1) is 6.16 Å². The van der Waals surface area contributed by atoms with E-state index in [4.69, 9.17) is 5.11 Å². The molecule has 0 aliphatic heterocycles. The van der Waals surface area contributed by atoms with Crippen molar-refractivity contribution in [2.75, 3.05) is 27.5 Å². The number of carboxylic acids is 1. The summed E-state index contributed by atoms with van der Waals surface area (Å²) in [5, 5.41) is 9.10. The maximum atomic E-state index is 11.9. The highest BCUT2D eigenvalue weighted by Gasteiger charge is 2.71. The summed E-state index contributed by atoms with van der Waals surface area (Å²) in [6.45, 7) is 0. The Morgan fingerprint density at radius 3 is 1.50 bits per heavy atom. The summed E-state index contributed by atoms with van der Waals surface area (Å²) < 4.78 is 47.6. The van der Waals surface area contributed by atoms with Gasteiger partial charge in [-0.25, -0.2) is 0 Å². The summed E-state index contributed by atoms with van der Waals surface area (Å²) in [5.74, 6) is -2.32. The minimum absolute atomic E-state index is 0.600. The van der Waals surface area contributed by atoms with Gasteiger partial charge in [0.2, 0.25) is 0 Å². The zero-order chi connectivity index (χ0) is 16.4. The predicted octanol–water partition coefficient (Wildman–Crippen LogP) is 0.263. The van der Waals surface area contributed by atoms with Gasteiger partial charge >= 0.3 is 28.8 Å². The van der Waals surface area contributed by atoms with Crippen LogP contribution in [-0.4, -0.2) is 58.1 Å². The van der Waals surface area contributed by atoms with E-state index < -0.39 is 39.8 Å². The van der Waals surface area contributed by atoms with Crippen LogP contribution in [0.15, 0.2) is 0 Å². The second-order valence-corrected chi connectivity index (χ2v) is 10.2. The van der Waals surface area contributed by atoms with Gasteiger partial charge in [-0.3, -0.25) is 18.5 Å². The molecule has 0 aromatic rings. The molecule has 0 rings (SSSR count). The van der Waals surface area contributed by atoms with Crippen LogP contribution in [0.25, 0.3) is 0 Å². The fourth-order valence-electron chi connectivity index (χ4n) is 1.29. The Morgan fingerprint density at radius 2 is 1.30 bits per heavy atom. The molecule has 0 amide bonds. The van der Waals surface area contributed by atoms with Crippen LogP contribution in [0.5, 0.6) is 0 Å². The second kappa shape index (κ2) is 6.36. The SMILES string of the molecule is COP(=O)(O)CC(C(=O)O)(P(=O)(O)OC)P(=O)(O)OC. The van der Waals surface area contributed by atoms with Gasteiger partial charge in [0.15, 0.2) is 0 Å². The molecule has 20 heavy (non-hydrogen) atoms. The molecule has 0 radical (unpaired) electrons. The smallest absolute Gasteiger partial charge is 0.358 e. The first-order valence-corrected chi connectivity index (χ1v) is 9.63. The number of aliphatic carboxylic acids is 1. The van der Waals surface area contributed by atoms with Gasteiger partial charge in [-0.1, -0.05) is 0 Å². The van der Waals surface area contributed by atoms with Gasteiger partial charge in [0.1, 0.15) is 0 Å². The molecule has 0 aromatic carbocycles. The Balaban J connectivity index is 6.43. The minimum atomic E-state index is -5.37. The van der Waals surface area contributed by atoms with Crippen molar-refractivity contribution in [3.8, 4) is 0 Å². The van der Waals surface area contributed by atoms with E-state index in [1.807, 2.05) is 0 Å². The first kappa shape index (κ1) is 19.9. The van der Waals surface area contributed by atoms with E-state index in [2.05, 4.69) is 13.6 Å². The van der Waals surface area contributed by atoms with E-state index in [1.54, 1.807) is 0 Å². The molecular weight excluding hydrogens is 341 g/mol. The van der Waals surface area contributed by atoms with Crippen LogP contribution in [-0.2, 0) is 32.1 Å². The molecule has 0 spiro atoms. The third-order valence-corrected chi connectivity index (χ3v) is 9.50. The van der Waals surface area contributed by atoms with Crippen LogP contribution in [0.3, 0.4) is 0 Å². The van der Waals surface area contributed by atoms with Gasteiger partial charge in [0.25, 0.3) is 4.90 Å². The summed E-state index contributed by atoms with van der Waals surface area (Å²) in [6.07, 6.45) is -1.66. The van der Waals surface area contributed by atoms with E-state index in [9.17, 15) is 33.2 Å². The molecule has 14 heteroatoms. The standard InChI is InChI=1S/C6H15O11P3/c1-15-18(9,10)4-6(5(7)8,19(11,12)16-2)20(13,14)17-3/h4H2,1-3H3,(H,7,8)(H,9,10)(H,11,12)(H,13,14). The molecule has 4 N–H and O–H groups in total. The number of hydrogen-bond acceptors (Lipinski definition) is 7. The monoisotopic (exact) mass is 356 g/mol. The number of carboxylic acid groups (broad SMARTS) is 1. The Bertz CT molecular complexity index is 488. The van der Waals surface area contributed by atoms with E-state index in [0.717, 1.165) is 7.11 Å². The van der Waals surface area contributed by atoms with Crippen molar-refractivity contribution in [1.82, 2.24) is 0 Å². The average molecular weight is 356 g/mol. The molecule has 0 aromatic heterocycles. The largest absolute Gasteiger partial charge is 0.480 e. The van der Waals surface area contributed by atoms with Crippen LogP contribution in [0, 0.1) is 0 Å². The first-order chi connectivity index (χ1) is 8.83. The van der Waals surface area contributed by atoms with Crippen LogP contribution in [0.2, 0.25) is 0 Å². The van der Waals surface area contributed by atoms with Crippen LogP contribution >= 0.6 is 22.8 Å². The third-order valence-electron chi connectivity index (χ3n) is 2.48. The molecule has 3 atom stereocenters. The fraction of sp³-hybridized carbons (Fsp3) is 0.833.